The summed E-state index contributed by atoms with van der Waals surface area (Å²) in [5.41, 5.74) is 1.99. The van der Waals surface area contributed by atoms with Gasteiger partial charge in [0.2, 0.25) is 0 Å². The third-order valence-corrected chi connectivity index (χ3v) is 3.39. The quantitative estimate of drug-likeness (QED) is 0.783. The Kier molecular flexibility index (Phi) is 3.83. The minimum Gasteiger partial charge on any atom is -0.330 e. The van der Waals surface area contributed by atoms with Gasteiger partial charge in [0.1, 0.15) is 0 Å². The van der Waals surface area contributed by atoms with Gasteiger partial charge >= 0.3 is 12.1 Å². The molecule has 0 aliphatic carbocycles. The van der Waals surface area contributed by atoms with E-state index in [2.05, 4.69) is 0 Å². The van der Waals surface area contributed by atoms with Gasteiger partial charge in [0.15, 0.2) is 5.78 Å². The van der Waals surface area contributed by atoms with Crippen LogP contribution in [0.2, 0.25) is 0 Å². The van der Waals surface area contributed by atoms with E-state index in [-0.39, 0.29) is 18.9 Å². The largest absolute Gasteiger partial charge is 0.471 e. The second kappa shape index (κ2) is 5.26. The van der Waals surface area contributed by atoms with Crippen molar-refractivity contribution < 1.29 is 22.8 Å². The predicted octanol–water partition coefficient (Wildman–Crippen LogP) is 2.73. The molecule has 0 fully saturated rings. The molecule has 0 N–H and O–H groups in total. The molecule has 1 aromatic carbocycles. The molecule has 20 heavy (non-hydrogen) atoms. The Labute approximate surface area is 114 Å². The number of Topliss-reactive ketones (excluding diaryl/α,β-unsaturated/α-hetero) is 1. The maximum atomic E-state index is 12.4. The summed E-state index contributed by atoms with van der Waals surface area (Å²) < 4.78 is 37.3. The molecule has 0 saturated heterocycles. The highest BCUT2D eigenvalue weighted by molar-refractivity contribution is 5.96. The van der Waals surface area contributed by atoms with Crippen molar-refractivity contribution in [1.82, 2.24) is 4.90 Å². The van der Waals surface area contributed by atoms with E-state index >= 15 is 0 Å². The Morgan fingerprint density at radius 1 is 1.25 bits per heavy atom. The summed E-state index contributed by atoms with van der Waals surface area (Å²) in [6, 6.07) is 5.04. The summed E-state index contributed by atoms with van der Waals surface area (Å²) in [5.74, 6) is -1.89. The minimum absolute atomic E-state index is 0.0480. The first kappa shape index (κ1) is 14.6. The lowest BCUT2D eigenvalue weighted by Crippen LogP contribution is -2.43. The molecular weight excluding hydrogens is 271 g/mol. The molecule has 1 aliphatic rings. The topological polar surface area (TPSA) is 37.4 Å². The Balaban J connectivity index is 2.24. The van der Waals surface area contributed by atoms with E-state index in [0.717, 1.165) is 10.5 Å². The number of amides is 1. The SMILES string of the molecule is CCC(=O)c1ccc2c(c1)CN(C(=O)C(F)(F)F)CC2. The summed E-state index contributed by atoms with van der Waals surface area (Å²) in [5, 5.41) is 0. The van der Waals surface area contributed by atoms with Gasteiger partial charge in [-0.25, -0.2) is 0 Å². The number of benzene rings is 1. The molecule has 1 aliphatic heterocycles. The van der Waals surface area contributed by atoms with Crippen molar-refractivity contribution in [2.45, 2.75) is 32.5 Å². The lowest BCUT2D eigenvalue weighted by molar-refractivity contribution is -0.186. The number of ketones is 1. The maximum Gasteiger partial charge on any atom is 0.471 e. The molecular formula is C14H14F3NO2. The van der Waals surface area contributed by atoms with Gasteiger partial charge in [0.25, 0.3) is 0 Å². The summed E-state index contributed by atoms with van der Waals surface area (Å²) in [4.78, 5) is 23.6. The van der Waals surface area contributed by atoms with Crippen LogP contribution in [0.25, 0.3) is 0 Å². The average Bonchev–Trinajstić information content (AvgIpc) is 2.43. The summed E-state index contributed by atoms with van der Waals surface area (Å²) in [6.07, 6.45) is -4.14. The van der Waals surface area contributed by atoms with Crippen LogP contribution in [0.3, 0.4) is 0 Å². The van der Waals surface area contributed by atoms with Gasteiger partial charge in [-0.3, -0.25) is 9.59 Å². The molecule has 0 atom stereocenters. The van der Waals surface area contributed by atoms with Gasteiger partial charge in [-0.2, -0.15) is 13.2 Å². The lowest BCUT2D eigenvalue weighted by atomic mass is 9.95. The zero-order valence-electron chi connectivity index (χ0n) is 11.0. The average molecular weight is 285 g/mol. The third-order valence-electron chi connectivity index (χ3n) is 3.39. The summed E-state index contributed by atoms with van der Waals surface area (Å²) in [7, 11) is 0. The Hall–Kier alpha value is -1.85. The van der Waals surface area contributed by atoms with Crippen LogP contribution in [0, 0.1) is 0 Å². The van der Waals surface area contributed by atoms with E-state index in [1.165, 1.54) is 0 Å². The minimum atomic E-state index is -4.85. The fraction of sp³-hybridized carbons (Fsp3) is 0.429. The van der Waals surface area contributed by atoms with Crippen LogP contribution in [0.4, 0.5) is 13.2 Å². The molecule has 0 bridgehead atoms. The van der Waals surface area contributed by atoms with Crippen molar-refractivity contribution in [3.05, 3.63) is 34.9 Å². The van der Waals surface area contributed by atoms with Gasteiger partial charge in [0, 0.05) is 25.1 Å². The summed E-state index contributed by atoms with van der Waals surface area (Å²) >= 11 is 0. The monoisotopic (exact) mass is 285 g/mol. The molecule has 1 heterocycles. The van der Waals surface area contributed by atoms with Crippen molar-refractivity contribution in [1.29, 1.82) is 0 Å². The van der Waals surface area contributed by atoms with Crippen LogP contribution in [0.1, 0.15) is 34.8 Å². The second-order valence-electron chi connectivity index (χ2n) is 4.73. The van der Waals surface area contributed by atoms with Crippen LogP contribution in [0.15, 0.2) is 18.2 Å². The number of nitrogens with zero attached hydrogens (tertiary/aromatic N) is 1. The van der Waals surface area contributed by atoms with Gasteiger partial charge in [-0.05, 0) is 23.6 Å². The van der Waals surface area contributed by atoms with Crippen molar-refractivity contribution in [2.75, 3.05) is 6.54 Å². The predicted molar refractivity (Wildman–Crippen MR) is 66.2 cm³/mol. The summed E-state index contributed by atoms with van der Waals surface area (Å²) in [6.45, 7) is 1.67. The molecule has 2 rings (SSSR count). The highest BCUT2D eigenvalue weighted by Gasteiger charge is 2.43. The van der Waals surface area contributed by atoms with Crippen molar-refractivity contribution in [2.24, 2.45) is 0 Å². The van der Waals surface area contributed by atoms with Crippen molar-refractivity contribution >= 4 is 11.7 Å². The van der Waals surface area contributed by atoms with Crippen LogP contribution in [-0.4, -0.2) is 29.3 Å². The number of hydrogen-bond acceptors (Lipinski definition) is 2. The number of rotatable bonds is 2. The fourth-order valence-electron chi connectivity index (χ4n) is 2.29. The molecule has 6 heteroatoms. The maximum absolute atomic E-state index is 12.4. The Bertz CT molecular complexity index is 552. The van der Waals surface area contributed by atoms with Crippen molar-refractivity contribution in [3.63, 3.8) is 0 Å². The van der Waals surface area contributed by atoms with Gasteiger partial charge in [-0.15, -0.1) is 0 Å². The van der Waals surface area contributed by atoms with E-state index < -0.39 is 12.1 Å². The Morgan fingerprint density at radius 3 is 2.55 bits per heavy atom. The number of fused-ring (bicyclic) bond motifs is 1. The number of halogens is 3. The van der Waals surface area contributed by atoms with E-state index in [1.54, 1.807) is 25.1 Å². The van der Waals surface area contributed by atoms with E-state index in [4.69, 9.17) is 0 Å². The highest BCUT2D eigenvalue weighted by Crippen LogP contribution is 2.25. The second-order valence-corrected chi connectivity index (χ2v) is 4.73. The first-order chi connectivity index (χ1) is 9.32. The highest BCUT2D eigenvalue weighted by atomic mass is 19.4. The van der Waals surface area contributed by atoms with E-state index in [0.29, 0.717) is 24.0 Å². The molecule has 0 aromatic heterocycles. The van der Waals surface area contributed by atoms with E-state index in [1.807, 2.05) is 0 Å². The number of carbonyl (C=O) groups excluding carboxylic acids is 2. The normalized spacial score (nSPS) is 14.9. The zero-order chi connectivity index (χ0) is 14.9. The van der Waals surface area contributed by atoms with Crippen molar-refractivity contribution in [3.8, 4) is 0 Å². The smallest absolute Gasteiger partial charge is 0.330 e. The lowest BCUT2D eigenvalue weighted by Gasteiger charge is -2.29. The molecule has 1 amide bonds. The van der Waals surface area contributed by atoms with Gasteiger partial charge in [-0.1, -0.05) is 19.1 Å². The molecule has 0 spiro atoms. The molecule has 1 aromatic rings. The fourth-order valence-corrected chi connectivity index (χ4v) is 2.29. The standard InChI is InChI=1S/C14H14F3NO2/c1-2-12(19)10-4-3-9-5-6-18(8-11(9)7-10)13(20)14(15,16)17/h3-4,7H,2,5-6,8H2,1H3. The van der Waals surface area contributed by atoms with Crippen LogP contribution >= 0.6 is 0 Å². The number of alkyl halides is 3. The third kappa shape index (κ3) is 2.84. The molecule has 0 radical (unpaired) electrons. The van der Waals surface area contributed by atoms with Gasteiger partial charge < -0.3 is 4.90 Å². The first-order valence-electron chi connectivity index (χ1n) is 6.34. The van der Waals surface area contributed by atoms with Crippen LogP contribution < -0.4 is 0 Å². The number of hydrogen-bond donors (Lipinski definition) is 0. The molecule has 108 valence electrons. The number of carbonyl (C=O) groups is 2. The molecule has 0 saturated carbocycles. The first-order valence-corrected chi connectivity index (χ1v) is 6.34. The Morgan fingerprint density at radius 2 is 1.95 bits per heavy atom. The molecule has 3 nitrogen and oxygen atoms in total. The zero-order valence-corrected chi connectivity index (χ0v) is 11.0. The molecule has 0 unspecified atom stereocenters. The van der Waals surface area contributed by atoms with Gasteiger partial charge in [0.05, 0.1) is 0 Å². The van der Waals surface area contributed by atoms with Crippen LogP contribution in [0.5, 0.6) is 0 Å². The van der Waals surface area contributed by atoms with E-state index in [9.17, 15) is 22.8 Å². The van der Waals surface area contributed by atoms with Crippen LogP contribution in [-0.2, 0) is 17.8 Å².